The fourth-order valence-corrected chi connectivity index (χ4v) is 5.87. The Morgan fingerprint density at radius 2 is 1.76 bits per heavy atom. The molecule has 0 aliphatic carbocycles. The van der Waals surface area contributed by atoms with Gasteiger partial charge >= 0.3 is 0 Å². The van der Waals surface area contributed by atoms with Crippen LogP contribution in [0.3, 0.4) is 0 Å². The molecule has 0 saturated heterocycles. The third-order valence-corrected chi connectivity index (χ3v) is 8.47. The van der Waals surface area contributed by atoms with Crippen LogP contribution in [0.4, 0.5) is 17.5 Å². The lowest BCUT2D eigenvalue weighted by atomic mass is 10.2. The summed E-state index contributed by atoms with van der Waals surface area (Å²) in [5, 5.41) is 8.96. The van der Waals surface area contributed by atoms with Crippen LogP contribution in [0.25, 0.3) is 0 Å². The summed E-state index contributed by atoms with van der Waals surface area (Å²) in [6.07, 6.45) is 1.62. The van der Waals surface area contributed by atoms with Crippen LogP contribution in [0.1, 0.15) is 12.5 Å². The molecule has 4 N–H and O–H groups in total. The first kappa shape index (κ1) is 25.8. The lowest BCUT2D eigenvalue weighted by Crippen LogP contribution is -2.26. The van der Waals surface area contributed by atoms with Gasteiger partial charge in [0, 0.05) is 36.8 Å². The molecule has 1 unspecified atom stereocenters. The zero-order valence-electron chi connectivity index (χ0n) is 18.6. The van der Waals surface area contributed by atoms with Gasteiger partial charge in [0.15, 0.2) is 0 Å². The van der Waals surface area contributed by atoms with Crippen LogP contribution in [0.5, 0.6) is 0 Å². The molecule has 3 aromatic rings. The number of nitrogens with one attached hydrogen (secondary N) is 4. The molecule has 1 aromatic heterocycles. The van der Waals surface area contributed by atoms with Crippen LogP contribution in [-0.2, 0) is 14.8 Å². The number of amides is 1. The Bertz CT molecular complexity index is 1280. The Kier molecular flexibility index (Phi) is 8.78. The van der Waals surface area contributed by atoms with Gasteiger partial charge in [-0.3, -0.25) is 4.79 Å². The van der Waals surface area contributed by atoms with Crippen molar-refractivity contribution in [3.8, 4) is 0 Å². The molecule has 180 valence electrons. The lowest BCUT2D eigenvalue weighted by molar-refractivity contribution is -0.118. The van der Waals surface area contributed by atoms with Crippen LogP contribution < -0.4 is 20.1 Å². The fourth-order valence-electron chi connectivity index (χ4n) is 2.75. The first-order valence-corrected chi connectivity index (χ1v) is 13.8. The number of sulfonamides is 1. The second-order valence-electron chi connectivity index (χ2n) is 7.24. The van der Waals surface area contributed by atoms with Crippen molar-refractivity contribution in [2.24, 2.45) is 0 Å². The van der Waals surface area contributed by atoms with Gasteiger partial charge in [-0.2, -0.15) is 9.11 Å². The molecule has 3 rings (SSSR count). The van der Waals surface area contributed by atoms with Crippen LogP contribution >= 0.6 is 26.6 Å². The van der Waals surface area contributed by atoms with Gasteiger partial charge < -0.3 is 16.0 Å². The minimum atomic E-state index is -3.68. The molecule has 12 heteroatoms. The van der Waals surface area contributed by atoms with E-state index in [9.17, 15) is 13.2 Å². The molecule has 0 spiro atoms. The monoisotopic (exact) mass is 564 g/mol. The molecule has 0 radical (unpaired) electrons. The maximum Gasteiger partial charge on any atom is 0.249 e. The number of nitrogens with zero attached hydrogens (tertiary/aromatic N) is 2. The summed E-state index contributed by atoms with van der Waals surface area (Å²) >= 11 is 3.40. The van der Waals surface area contributed by atoms with E-state index < -0.39 is 20.7 Å². The summed E-state index contributed by atoms with van der Waals surface area (Å²) < 4.78 is 28.6. The van der Waals surface area contributed by atoms with Crippen LogP contribution in [0.2, 0.25) is 0 Å². The highest BCUT2D eigenvalue weighted by Crippen LogP contribution is 2.27. The summed E-state index contributed by atoms with van der Waals surface area (Å²) in [5.74, 6) is 4.84. The smallest absolute Gasteiger partial charge is 0.249 e. The molecule has 1 atom stereocenters. The molecule has 0 saturated carbocycles. The van der Waals surface area contributed by atoms with Crippen LogP contribution in [0.15, 0.2) is 69.0 Å². The minimum absolute atomic E-state index is 0.0950. The SMILES string of the molecule is C=S(NS(=O)(=O)c1ccc(C)cc1)c1ccc(Nc2ncc(Br)c(NCCNC(C)=O)n2)cc1. The number of rotatable bonds is 10. The van der Waals surface area contributed by atoms with E-state index in [-0.39, 0.29) is 10.8 Å². The molecule has 2 aromatic carbocycles. The van der Waals surface area contributed by atoms with Crippen molar-refractivity contribution >= 4 is 65.9 Å². The number of aromatic nitrogens is 2. The predicted molar refractivity (Wildman–Crippen MR) is 141 cm³/mol. The standard InChI is InChI=1S/C22H25BrN6O3S2/c1-15-4-10-19(11-5-15)34(31,32)29-33(3)18-8-6-17(7-9-18)27-22-26-14-20(23)21(28-22)25-13-12-24-16(2)30/h4-11,14,29H,3,12-13H2,1-2H3,(H,24,30)(H2,25,26,27,28). The van der Waals surface area contributed by atoms with E-state index in [1.165, 1.54) is 6.92 Å². The van der Waals surface area contributed by atoms with E-state index in [4.69, 9.17) is 0 Å². The van der Waals surface area contributed by atoms with Crippen molar-refractivity contribution in [3.63, 3.8) is 0 Å². The quantitative estimate of drug-likeness (QED) is 0.218. The highest BCUT2D eigenvalue weighted by molar-refractivity contribution is 9.10. The molecule has 1 heterocycles. The molecule has 0 aliphatic heterocycles. The van der Waals surface area contributed by atoms with Gasteiger partial charge in [0.05, 0.1) is 9.37 Å². The molecule has 0 bridgehead atoms. The molecule has 0 fully saturated rings. The molecule has 9 nitrogen and oxygen atoms in total. The fraction of sp³-hybridized carbons (Fsp3) is 0.182. The number of carbonyl (C=O) groups is 1. The lowest BCUT2D eigenvalue weighted by Gasteiger charge is -2.13. The summed E-state index contributed by atoms with van der Waals surface area (Å²) in [4.78, 5) is 20.6. The van der Waals surface area contributed by atoms with E-state index in [2.05, 4.69) is 51.8 Å². The Labute approximate surface area is 210 Å². The summed E-state index contributed by atoms with van der Waals surface area (Å²) in [6.45, 7) is 4.34. The Balaban J connectivity index is 1.63. The number of benzene rings is 2. The number of hydrogen-bond acceptors (Lipinski definition) is 7. The normalized spacial score (nSPS) is 12.1. The Morgan fingerprint density at radius 1 is 1.09 bits per heavy atom. The number of anilines is 3. The maximum atomic E-state index is 12.6. The van der Waals surface area contributed by atoms with Crippen molar-refractivity contribution in [2.45, 2.75) is 23.6 Å². The molecular weight excluding hydrogens is 540 g/mol. The number of hydrogen-bond donors (Lipinski definition) is 4. The van der Waals surface area contributed by atoms with Gasteiger partial charge in [-0.25, -0.2) is 13.4 Å². The van der Waals surface area contributed by atoms with Gasteiger partial charge in [-0.15, -0.1) is 0 Å². The molecule has 0 aliphatic rings. The van der Waals surface area contributed by atoms with Gasteiger partial charge in [-0.05, 0) is 59.3 Å². The first-order chi connectivity index (χ1) is 16.1. The minimum Gasteiger partial charge on any atom is -0.367 e. The molecule has 34 heavy (non-hydrogen) atoms. The molecular formula is C22H25BrN6O3S2. The third-order valence-electron chi connectivity index (χ3n) is 4.47. The van der Waals surface area contributed by atoms with E-state index in [1.54, 1.807) is 54.7 Å². The van der Waals surface area contributed by atoms with Gasteiger partial charge in [0.25, 0.3) is 0 Å². The van der Waals surface area contributed by atoms with Crippen molar-refractivity contribution < 1.29 is 13.2 Å². The van der Waals surface area contributed by atoms with E-state index >= 15 is 0 Å². The van der Waals surface area contributed by atoms with E-state index in [0.29, 0.717) is 29.3 Å². The van der Waals surface area contributed by atoms with Gasteiger partial charge in [0.2, 0.25) is 21.9 Å². The topological polar surface area (TPSA) is 125 Å². The number of halogens is 1. The van der Waals surface area contributed by atoms with Crippen molar-refractivity contribution in [1.29, 1.82) is 0 Å². The first-order valence-electron chi connectivity index (χ1n) is 10.1. The average Bonchev–Trinajstić information content (AvgIpc) is 2.79. The zero-order valence-corrected chi connectivity index (χ0v) is 21.9. The summed E-state index contributed by atoms with van der Waals surface area (Å²) in [6, 6.07) is 13.8. The van der Waals surface area contributed by atoms with E-state index in [0.717, 1.165) is 16.1 Å². The number of aryl methyl sites for hydroxylation is 1. The zero-order chi connectivity index (χ0) is 24.7. The highest BCUT2D eigenvalue weighted by Gasteiger charge is 2.15. The maximum absolute atomic E-state index is 12.6. The number of carbonyl (C=O) groups excluding carboxylic acids is 1. The second kappa shape index (κ2) is 11.6. The summed E-state index contributed by atoms with van der Waals surface area (Å²) in [7, 11) is -4.65. The van der Waals surface area contributed by atoms with Crippen molar-refractivity contribution in [2.75, 3.05) is 23.7 Å². The van der Waals surface area contributed by atoms with Crippen molar-refractivity contribution in [3.05, 3.63) is 64.8 Å². The molecule has 1 amide bonds. The second-order valence-corrected chi connectivity index (χ2v) is 11.5. The summed E-state index contributed by atoms with van der Waals surface area (Å²) in [5.41, 5.74) is 1.71. The Hall–Kier alpha value is -2.80. The Morgan fingerprint density at radius 3 is 2.41 bits per heavy atom. The van der Waals surface area contributed by atoms with Crippen LogP contribution in [-0.4, -0.2) is 43.3 Å². The van der Waals surface area contributed by atoms with E-state index in [1.807, 2.05) is 6.92 Å². The largest absolute Gasteiger partial charge is 0.367 e. The van der Waals surface area contributed by atoms with Gasteiger partial charge in [0.1, 0.15) is 5.82 Å². The van der Waals surface area contributed by atoms with Crippen LogP contribution in [0, 0.1) is 6.92 Å². The third kappa shape index (κ3) is 7.35. The average molecular weight is 566 g/mol. The predicted octanol–water partition coefficient (Wildman–Crippen LogP) is 3.79. The van der Waals surface area contributed by atoms with Gasteiger partial charge in [-0.1, -0.05) is 34.2 Å². The van der Waals surface area contributed by atoms with Crippen molar-refractivity contribution in [1.82, 2.24) is 19.4 Å². The highest BCUT2D eigenvalue weighted by atomic mass is 79.9.